The molecule has 1 saturated heterocycles. The van der Waals surface area contributed by atoms with Gasteiger partial charge in [-0.15, -0.1) is 0 Å². The number of nitrogens with one attached hydrogen (secondary N) is 2. The maximum absolute atomic E-state index is 12.4. The highest BCUT2D eigenvalue weighted by Crippen LogP contribution is 2.23. The first-order chi connectivity index (χ1) is 10.2. The van der Waals surface area contributed by atoms with Gasteiger partial charge in [-0.1, -0.05) is 19.3 Å². The maximum Gasteiger partial charge on any atom is 0.317 e. The molecule has 5 heteroatoms. The van der Waals surface area contributed by atoms with Crippen molar-refractivity contribution in [1.82, 2.24) is 15.5 Å². The van der Waals surface area contributed by atoms with Crippen LogP contribution < -0.4 is 10.6 Å². The van der Waals surface area contributed by atoms with Crippen molar-refractivity contribution in [3.05, 3.63) is 0 Å². The van der Waals surface area contributed by atoms with E-state index in [1.807, 2.05) is 4.90 Å². The summed E-state index contributed by atoms with van der Waals surface area (Å²) in [6.07, 6.45) is 10.0. The molecule has 0 aromatic carbocycles. The summed E-state index contributed by atoms with van der Waals surface area (Å²) in [6.45, 7) is 1.36. The van der Waals surface area contributed by atoms with Crippen molar-refractivity contribution in [3.8, 4) is 0 Å². The Kier molecular flexibility index (Phi) is 4.66. The lowest BCUT2D eigenvalue weighted by atomic mass is 9.95. The Labute approximate surface area is 126 Å². The third-order valence-corrected chi connectivity index (χ3v) is 4.94. The fraction of sp³-hybridized carbons (Fsp3) is 0.875. The number of hydrogen-bond acceptors (Lipinski definition) is 2. The molecular weight excluding hydrogens is 266 g/mol. The summed E-state index contributed by atoms with van der Waals surface area (Å²) in [6, 6.07) is 0.779. The third-order valence-electron chi connectivity index (χ3n) is 4.94. The number of urea groups is 1. The van der Waals surface area contributed by atoms with Crippen LogP contribution in [0.2, 0.25) is 0 Å². The summed E-state index contributed by atoms with van der Waals surface area (Å²) < 4.78 is 0. The first kappa shape index (κ1) is 14.7. The monoisotopic (exact) mass is 293 g/mol. The van der Waals surface area contributed by atoms with Gasteiger partial charge in [0.2, 0.25) is 5.91 Å². The van der Waals surface area contributed by atoms with Gasteiger partial charge in [0.25, 0.3) is 0 Å². The molecule has 5 nitrogen and oxygen atoms in total. The zero-order valence-electron chi connectivity index (χ0n) is 12.8. The minimum Gasteiger partial charge on any atom is -0.353 e. The lowest BCUT2D eigenvalue weighted by Gasteiger charge is -2.34. The fourth-order valence-corrected chi connectivity index (χ4v) is 3.44. The highest BCUT2D eigenvalue weighted by molar-refractivity contribution is 5.81. The molecule has 0 bridgehead atoms. The molecule has 3 rings (SSSR count). The number of likely N-dealkylation sites (tertiary alicyclic amines) is 1. The van der Waals surface area contributed by atoms with E-state index in [2.05, 4.69) is 10.6 Å². The molecule has 0 aromatic heterocycles. The lowest BCUT2D eigenvalue weighted by Crippen LogP contribution is -2.51. The number of rotatable bonds is 3. The van der Waals surface area contributed by atoms with Crippen LogP contribution in [-0.2, 0) is 4.79 Å². The number of amides is 3. The predicted octanol–water partition coefficient (Wildman–Crippen LogP) is 2.02. The van der Waals surface area contributed by atoms with Crippen molar-refractivity contribution in [3.63, 3.8) is 0 Å². The number of carbonyl (C=O) groups excluding carboxylic acids is 2. The molecule has 0 unspecified atom stereocenters. The summed E-state index contributed by atoms with van der Waals surface area (Å²) in [5.74, 6) is 0.129. The van der Waals surface area contributed by atoms with Crippen LogP contribution in [0, 0.1) is 5.92 Å². The van der Waals surface area contributed by atoms with Crippen molar-refractivity contribution < 1.29 is 9.59 Å². The van der Waals surface area contributed by atoms with Crippen LogP contribution in [-0.4, -0.2) is 42.0 Å². The van der Waals surface area contributed by atoms with Crippen LogP contribution >= 0.6 is 0 Å². The van der Waals surface area contributed by atoms with Gasteiger partial charge >= 0.3 is 6.03 Å². The second kappa shape index (κ2) is 6.67. The first-order valence-electron chi connectivity index (χ1n) is 8.58. The summed E-state index contributed by atoms with van der Waals surface area (Å²) in [7, 11) is 0. The number of hydrogen-bond donors (Lipinski definition) is 2. The Morgan fingerprint density at radius 2 is 1.52 bits per heavy atom. The minimum atomic E-state index is -0.0172. The van der Waals surface area contributed by atoms with E-state index in [-0.39, 0.29) is 17.9 Å². The molecule has 1 heterocycles. The second-order valence-electron chi connectivity index (χ2n) is 6.85. The van der Waals surface area contributed by atoms with Crippen molar-refractivity contribution in [2.24, 2.45) is 5.92 Å². The van der Waals surface area contributed by atoms with Crippen molar-refractivity contribution in [2.75, 3.05) is 13.1 Å². The number of nitrogens with zero attached hydrogens (tertiary/aromatic N) is 1. The normalized spacial score (nSPS) is 27.2. The van der Waals surface area contributed by atoms with Crippen LogP contribution in [0.5, 0.6) is 0 Å². The molecule has 0 aromatic rings. The molecule has 2 aliphatic carbocycles. The average Bonchev–Trinajstić information content (AvgIpc) is 3.32. The van der Waals surface area contributed by atoms with E-state index in [0.29, 0.717) is 18.6 Å². The lowest BCUT2D eigenvalue weighted by molar-refractivity contribution is -0.126. The van der Waals surface area contributed by atoms with Gasteiger partial charge in [0.1, 0.15) is 0 Å². The van der Waals surface area contributed by atoms with Crippen molar-refractivity contribution in [2.45, 2.75) is 69.9 Å². The van der Waals surface area contributed by atoms with Gasteiger partial charge in [-0.05, 0) is 38.5 Å². The van der Waals surface area contributed by atoms with Crippen LogP contribution in [0.15, 0.2) is 0 Å². The quantitative estimate of drug-likeness (QED) is 0.836. The Balaban J connectivity index is 1.47. The van der Waals surface area contributed by atoms with Gasteiger partial charge in [-0.2, -0.15) is 0 Å². The summed E-state index contributed by atoms with van der Waals surface area (Å²) in [5.41, 5.74) is 0. The minimum absolute atomic E-state index is 0.0172. The van der Waals surface area contributed by atoms with E-state index in [4.69, 9.17) is 0 Å². The van der Waals surface area contributed by atoms with Gasteiger partial charge in [-0.3, -0.25) is 4.79 Å². The largest absolute Gasteiger partial charge is 0.353 e. The van der Waals surface area contributed by atoms with Gasteiger partial charge in [0.15, 0.2) is 0 Å². The molecular formula is C16H27N3O2. The standard InChI is InChI=1S/C16H27N3O2/c20-15(17-14-8-9-14)12-5-4-10-19(11-12)16(21)18-13-6-2-1-3-7-13/h12-14H,1-11H2,(H,17,20)(H,18,21)/t12-/m1/s1. The zero-order valence-corrected chi connectivity index (χ0v) is 12.8. The van der Waals surface area contributed by atoms with Crippen molar-refractivity contribution >= 4 is 11.9 Å². The Morgan fingerprint density at radius 3 is 2.24 bits per heavy atom. The van der Waals surface area contributed by atoms with E-state index < -0.39 is 0 Å². The molecule has 3 aliphatic rings. The molecule has 0 spiro atoms. The van der Waals surface area contributed by atoms with Crippen molar-refractivity contribution in [1.29, 1.82) is 0 Å². The highest BCUT2D eigenvalue weighted by atomic mass is 16.2. The summed E-state index contributed by atoms with van der Waals surface area (Å²) >= 11 is 0. The first-order valence-corrected chi connectivity index (χ1v) is 8.58. The molecule has 1 atom stereocenters. The molecule has 0 radical (unpaired) electrons. The Bertz CT molecular complexity index is 389. The second-order valence-corrected chi connectivity index (χ2v) is 6.85. The number of carbonyl (C=O) groups is 2. The van der Waals surface area contributed by atoms with Crippen LogP contribution in [0.4, 0.5) is 4.79 Å². The van der Waals surface area contributed by atoms with E-state index >= 15 is 0 Å². The zero-order chi connectivity index (χ0) is 14.7. The van der Waals surface area contributed by atoms with E-state index in [0.717, 1.165) is 45.1 Å². The SMILES string of the molecule is O=C(NC1CC1)[C@@H]1CCCN(C(=O)NC2CCCCC2)C1. The Morgan fingerprint density at radius 1 is 0.810 bits per heavy atom. The molecule has 2 N–H and O–H groups in total. The van der Waals surface area contributed by atoms with Crippen LogP contribution in [0.1, 0.15) is 57.8 Å². The summed E-state index contributed by atoms with van der Waals surface area (Å²) in [5, 5.41) is 6.22. The van der Waals surface area contributed by atoms with Crippen LogP contribution in [0.3, 0.4) is 0 Å². The van der Waals surface area contributed by atoms with E-state index in [1.165, 1.54) is 19.3 Å². The molecule has 2 saturated carbocycles. The maximum atomic E-state index is 12.4. The van der Waals surface area contributed by atoms with Gasteiger partial charge in [0, 0.05) is 25.2 Å². The molecule has 1 aliphatic heterocycles. The number of piperidine rings is 1. The smallest absolute Gasteiger partial charge is 0.317 e. The highest BCUT2D eigenvalue weighted by Gasteiger charge is 2.32. The van der Waals surface area contributed by atoms with E-state index in [1.54, 1.807) is 0 Å². The Hall–Kier alpha value is -1.26. The van der Waals surface area contributed by atoms with E-state index in [9.17, 15) is 9.59 Å². The summed E-state index contributed by atoms with van der Waals surface area (Å²) in [4.78, 5) is 26.3. The molecule has 118 valence electrons. The van der Waals surface area contributed by atoms with Gasteiger partial charge in [0.05, 0.1) is 5.92 Å². The third kappa shape index (κ3) is 4.11. The topological polar surface area (TPSA) is 61.4 Å². The van der Waals surface area contributed by atoms with Gasteiger partial charge in [-0.25, -0.2) is 4.79 Å². The van der Waals surface area contributed by atoms with Crippen LogP contribution in [0.25, 0.3) is 0 Å². The predicted molar refractivity (Wildman–Crippen MR) is 80.9 cm³/mol. The fourth-order valence-electron chi connectivity index (χ4n) is 3.44. The molecule has 3 amide bonds. The van der Waals surface area contributed by atoms with Gasteiger partial charge < -0.3 is 15.5 Å². The average molecular weight is 293 g/mol. The molecule has 3 fully saturated rings. The molecule has 21 heavy (non-hydrogen) atoms.